The molecule has 0 fully saturated rings. The molecular formula is C16H17IN2O3S. The van der Waals surface area contributed by atoms with Crippen molar-refractivity contribution in [3.05, 3.63) is 68.8 Å². The molecule has 0 saturated heterocycles. The summed E-state index contributed by atoms with van der Waals surface area (Å²) in [6.45, 7) is 0.277. The third kappa shape index (κ3) is 5.29. The van der Waals surface area contributed by atoms with Gasteiger partial charge in [-0.2, -0.15) is 0 Å². The van der Waals surface area contributed by atoms with Gasteiger partial charge < -0.3 is 5.32 Å². The van der Waals surface area contributed by atoms with Crippen molar-refractivity contribution in [1.82, 2.24) is 10.0 Å². The maximum atomic E-state index is 12.2. The Kier molecular flexibility index (Phi) is 6.14. The van der Waals surface area contributed by atoms with E-state index in [0.717, 1.165) is 9.13 Å². The first-order valence-corrected chi connectivity index (χ1v) is 9.66. The fourth-order valence-electron chi connectivity index (χ4n) is 2.05. The summed E-state index contributed by atoms with van der Waals surface area (Å²) in [5.41, 5.74) is 2.03. The van der Waals surface area contributed by atoms with E-state index in [-0.39, 0.29) is 18.2 Å². The Balaban J connectivity index is 2.10. The maximum Gasteiger partial charge on any atom is 0.251 e. The van der Waals surface area contributed by atoms with Crippen LogP contribution >= 0.6 is 22.6 Å². The Hall–Kier alpha value is -1.45. The van der Waals surface area contributed by atoms with Gasteiger partial charge in [-0.3, -0.25) is 4.79 Å². The van der Waals surface area contributed by atoms with Crippen LogP contribution in [0.1, 0.15) is 21.5 Å². The zero-order chi connectivity index (χ0) is 16.9. The number of amides is 1. The van der Waals surface area contributed by atoms with Crippen LogP contribution in [-0.4, -0.2) is 21.4 Å². The van der Waals surface area contributed by atoms with Crippen molar-refractivity contribution in [2.24, 2.45) is 0 Å². The summed E-state index contributed by atoms with van der Waals surface area (Å²) in [5.74, 6) is -0.298. The van der Waals surface area contributed by atoms with E-state index in [2.05, 4.69) is 32.6 Å². The van der Waals surface area contributed by atoms with Gasteiger partial charge in [0.25, 0.3) is 5.91 Å². The van der Waals surface area contributed by atoms with Gasteiger partial charge in [0, 0.05) is 15.7 Å². The first-order valence-electron chi connectivity index (χ1n) is 6.93. The Labute approximate surface area is 149 Å². The molecular weight excluding hydrogens is 427 g/mol. The summed E-state index contributed by atoms with van der Waals surface area (Å²) in [4.78, 5) is 12.2. The summed E-state index contributed by atoms with van der Waals surface area (Å²) in [6.07, 6.45) is 0. The van der Waals surface area contributed by atoms with Crippen LogP contribution in [0.4, 0.5) is 0 Å². The first-order chi connectivity index (χ1) is 10.9. The number of nitrogens with one attached hydrogen (secondary N) is 2. The van der Waals surface area contributed by atoms with Crippen LogP contribution < -0.4 is 10.0 Å². The number of carbonyl (C=O) groups is 1. The highest BCUT2D eigenvalue weighted by atomic mass is 127. The van der Waals surface area contributed by atoms with Crippen LogP contribution in [0.2, 0.25) is 0 Å². The molecule has 2 N–H and O–H groups in total. The summed E-state index contributed by atoms with van der Waals surface area (Å²) in [7, 11) is -1.97. The van der Waals surface area contributed by atoms with E-state index in [0.29, 0.717) is 11.1 Å². The highest BCUT2D eigenvalue weighted by Gasteiger charge is 2.13. The summed E-state index contributed by atoms with van der Waals surface area (Å²) < 4.78 is 26.7. The van der Waals surface area contributed by atoms with Crippen molar-refractivity contribution in [1.29, 1.82) is 0 Å². The average molecular weight is 444 g/mol. The number of hydrogen-bond donors (Lipinski definition) is 2. The normalized spacial score (nSPS) is 11.2. The second-order valence-electron chi connectivity index (χ2n) is 4.92. The van der Waals surface area contributed by atoms with Crippen molar-refractivity contribution >= 4 is 38.5 Å². The molecule has 2 aromatic rings. The molecule has 2 aromatic carbocycles. The van der Waals surface area contributed by atoms with Gasteiger partial charge in [-0.1, -0.05) is 30.3 Å². The molecule has 0 aliphatic heterocycles. The minimum absolute atomic E-state index is 0.112. The van der Waals surface area contributed by atoms with Gasteiger partial charge in [-0.05, 0) is 59.0 Å². The molecule has 2 rings (SSSR count). The molecule has 0 aromatic heterocycles. The molecule has 0 unspecified atom stereocenters. The number of halogens is 1. The van der Waals surface area contributed by atoms with E-state index in [4.69, 9.17) is 0 Å². The quantitative estimate of drug-likeness (QED) is 0.672. The highest BCUT2D eigenvalue weighted by Crippen LogP contribution is 2.13. The fourth-order valence-corrected chi connectivity index (χ4v) is 3.43. The smallest absolute Gasteiger partial charge is 0.251 e. The minimum Gasteiger partial charge on any atom is -0.348 e. The molecule has 0 heterocycles. The Morgan fingerprint density at radius 2 is 1.78 bits per heavy atom. The Morgan fingerprint density at radius 3 is 2.43 bits per heavy atom. The lowest BCUT2D eigenvalue weighted by Gasteiger charge is -2.11. The zero-order valence-corrected chi connectivity index (χ0v) is 15.5. The van der Waals surface area contributed by atoms with Crippen LogP contribution in [0.15, 0.2) is 48.5 Å². The van der Waals surface area contributed by atoms with Crippen molar-refractivity contribution in [2.75, 3.05) is 7.05 Å². The third-order valence-electron chi connectivity index (χ3n) is 3.30. The lowest BCUT2D eigenvalue weighted by Crippen LogP contribution is -2.25. The number of sulfonamides is 1. The summed E-state index contributed by atoms with van der Waals surface area (Å²) >= 11 is 2.15. The number of benzene rings is 2. The second-order valence-corrected chi connectivity index (χ2v) is 8.10. The molecule has 122 valence electrons. The van der Waals surface area contributed by atoms with E-state index in [1.807, 2.05) is 24.3 Å². The van der Waals surface area contributed by atoms with Gasteiger partial charge in [0.1, 0.15) is 0 Å². The monoisotopic (exact) mass is 444 g/mol. The van der Waals surface area contributed by atoms with Gasteiger partial charge in [0.05, 0.1) is 5.75 Å². The predicted octanol–water partition coefficient (Wildman–Crippen LogP) is 2.27. The van der Waals surface area contributed by atoms with Gasteiger partial charge >= 0.3 is 0 Å². The molecule has 0 spiro atoms. The topological polar surface area (TPSA) is 75.3 Å². The average Bonchev–Trinajstić information content (AvgIpc) is 2.53. The van der Waals surface area contributed by atoms with Crippen LogP contribution in [-0.2, 0) is 22.3 Å². The molecule has 5 nitrogen and oxygen atoms in total. The Bertz CT molecular complexity index is 806. The van der Waals surface area contributed by atoms with Crippen molar-refractivity contribution in [3.8, 4) is 0 Å². The standard InChI is InChI=1S/C16H17IN2O3S/c1-18-23(21,22)11-14-6-3-2-5-13(14)10-19-16(20)12-7-4-8-15(17)9-12/h2-9,18H,10-11H2,1H3,(H,19,20). The lowest BCUT2D eigenvalue weighted by atomic mass is 10.1. The van der Waals surface area contributed by atoms with Crippen molar-refractivity contribution in [2.45, 2.75) is 12.3 Å². The van der Waals surface area contributed by atoms with Crippen molar-refractivity contribution < 1.29 is 13.2 Å². The maximum absolute atomic E-state index is 12.2. The third-order valence-corrected chi connectivity index (χ3v) is 5.29. The van der Waals surface area contributed by atoms with Gasteiger partial charge in [-0.15, -0.1) is 0 Å². The molecule has 0 saturated carbocycles. The van der Waals surface area contributed by atoms with E-state index in [1.54, 1.807) is 24.3 Å². The molecule has 0 aliphatic carbocycles. The first kappa shape index (κ1) is 17.9. The molecule has 7 heteroatoms. The number of rotatable bonds is 6. The SMILES string of the molecule is CNS(=O)(=O)Cc1ccccc1CNC(=O)c1cccc(I)c1. The Morgan fingerprint density at radius 1 is 1.09 bits per heavy atom. The molecule has 0 aliphatic rings. The van der Waals surface area contributed by atoms with E-state index < -0.39 is 10.0 Å². The number of hydrogen-bond acceptors (Lipinski definition) is 3. The van der Waals surface area contributed by atoms with E-state index >= 15 is 0 Å². The zero-order valence-electron chi connectivity index (χ0n) is 12.5. The summed E-state index contributed by atoms with van der Waals surface area (Å²) in [5, 5.41) is 2.83. The predicted molar refractivity (Wildman–Crippen MR) is 98.5 cm³/mol. The van der Waals surface area contributed by atoms with E-state index in [1.165, 1.54) is 7.05 Å². The fraction of sp³-hybridized carbons (Fsp3) is 0.188. The van der Waals surface area contributed by atoms with Gasteiger partial charge in [0.15, 0.2) is 0 Å². The molecule has 23 heavy (non-hydrogen) atoms. The minimum atomic E-state index is -3.36. The largest absolute Gasteiger partial charge is 0.348 e. The molecule has 0 radical (unpaired) electrons. The second kappa shape index (κ2) is 7.89. The highest BCUT2D eigenvalue weighted by molar-refractivity contribution is 14.1. The van der Waals surface area contributed by atoms with Crippen LogP contribution in [0.5, 0.6) is 0 Å². The molecule has 0 atom stereocenters. The van der Waals surface area contributed by atoms with Crippen LogP contribution in [0, 0.1) is 3.57 Å². The van der Waals surface area contributed by atoms with Crippen LogP contribution in [0.3, 0.4) is 0 Å². The van der Waals surface area contributed by atoms with Crippen molar-refractivity contribution in [3.63, 3.8) is 0 Å². The van der Waals surface area contributed by atoms with Crippen LogP contribution in [0.25, 0.3) is 0 Å². The number of carbonyl (C=O) groups excluding carboxylic acids is 1. The van der Waals surface area contributed by atoms with Gasteiger partial charge in [-0.25, -0.2) is 13.1 Å². The molecule has 1 amide bonds. The molecule has 0 bridgehead atoms. The summed E-state index contributed by atoms with van der Waals surface area (Å²) in [6, 6.07) is 14.5. The van der Waals surface area contributed by atoms with Gasteiger partial charge in [0.2, 0.25) is 10.0 Å². The van der Waals surface area contributed by atoms with E-state index in [9.17, 15) is 13.2 Å². The lowest BCUT2D eigenvalue weighted by molar-refractivity contribution is 0.0951.